The van der Waals surface area contributed by atoms with Crippen LogP contribution in [-0.4, -0.2) is 42.6 Å². The Balaban J connectivity index is 0.00000324. The number of halogens is 1. The summed E-state index contributed by atoms with van der Waals surface area (Å²) in [5, 5.41) is 3.00. The molecule has 0 unspecified atom stereocenters. The number of thiazole rings is 1. The summed E-state index contributed by atoms with van der Waals surface area (Å²) in [6.45, 7) is 5.78. The summed E-state index contributed by atoms with van der Waals surface area (Å²) in [4.78, 5) is 26.2. The lowest BCUT2D eigenvalue weighted by Crippen LogP contribution is -2.33. The van der Waals surface area contributed by atoms with Crippen molar-refractivity contribution in [2.24, 2.45) is 0 Å². The second-order valence-corrected chi connectivity index (χ2v) is 5.50. The van der Waals surface area contributed by atoms with E-state index in [0.717, 1.165) is 17.1 Å². The summed E-state index contributed by atoms with van der Waals surface area (Å²) >= 11 is 1.24. The van der Waals surface area contributed by atoms with Gasteiger partial charge in [-0.2, -0.15) is 0 Å². The number of likely N-dealkylation sites (N-methyl/N-ethyl adjacent to an activating group) is 2. The number of rotatable bonds is 6. The molecule has 0 saturated heterocycles. The van der Waals surface area contributed by atoms with Crippen LogP contribution in [0.5, 0.6) is 0 Å². The molecular formula is C12H22ClN3O2S. The molecule has 5 nitrogen and oxygen atoms in total. The molecular weight excluding hydrogens is 286 g/mol. The van der Waals surface area contributed by atoms with Gasteiger partial charge in [0.2, 0.25) is 5.91 Å². The molecule has 1 aromatic heterocycles. The van der Waals surface area contributed by atoms with E-state index in [1.165, 1.54) is 11.3 Å². The van der Waals surface area contributed by atoms with Crippen molar-refractivity contribution in [1.29, 1.82) is 0 Å². The van der Waals surface area contributed by atoms with Crippen molar-refractivity contribution in [3.05, 3.63) is 20.2 Å². The van der Waals surface area contributed by atoms with E-state index in [2.05, 4.69) is 5.32 Å². The summed E-state index contributed by atoms with van der Waals surface area (Å²) in [6.07, 6.45) is 0.372. The van der Waals surface area contributed by atoms with Gasteiger partial charge in [-0.25, -0.2) is 0 Å². The molecule has 1 rings (SSSR count). The molecule has 110 valence electrons. The van der Waals surface area contributed by atoms with E-state index >= 15 is 0 Å². The Bertz CT molecular complexity index is 470. The van der Waals surface area contributed by atoms with E-state index in [-0.39, 0.29) is 23.2 Å². The number of nitrogens with zero attached hydrogens (tertiary/aromatic N) is 2. The number of hydrogen-bond acceptors (Lipinski definition) is 4. The summed E-state index contributed by atoms with van der Waals surface area (Å²) in [7, 11) is 3.64. The number of carbonyl (C=O) groups excluding carboxylic acids is 1. The van der Waals surface area contributed by atoms with Crippen LogP contribution >= 0.6 is 23.7 Å². The van der Waals surface area contributed by atoms with Gasteiger partial charge in [0.25, 0.3) is 0 Å². The van der Waals surface area contributed by atoms with E-state index in [1.54, 1.807) is 16.5 Å². The van der Waals surface area contributed by atoms with Crippen molar-refractivity contribution in [3.63, 3.8) is 0 Å². The first-order valence-electron chi connectivity index (χ1n) is 6.02. The molecule has 0 aromatic carbocycles. The molecule has 1 aromatic rings. The van der Waals surface area contributed by atoms with Crippen molar-refractivity contribution < 1.29 is 4.79 Å². The highest BCUT2D eigenvalue weighted by Gasteiger charge is 2.11. The van der Waals surface area contributed by atoms with Gasteiger partial charge in [0.05, 0.1) is 0 Å². The molecule has 0 aliphatic carbocycles. The third-order valence-electron chi connectivity index (χ3n) is 3.05. The van der Waals surface area contributed by atoms with Crippen LogP contribution in [0.15, 0.2) is 4.79 Å². The molecule has 0 bridgehead atoms. The summed E-state index contributed by atoms with van der Waals surface area (Å²) in [5.74, 6) is 0.0698. The van der Waals surface area contributed by atoms with Crippen LogP contribution < -0.4 is 10.2 Å². The van der Waals surface area contributed by atoms with Gasteiger partial charge in [-0.05, 0) is 20.9 Å². The summed E-state index contributed by atoms with van der Waals surface area (Å²) < 4.78 is 1.68. The molecule has 1 heterocycles. The number of amides is 1. The van der Waals surface area contributed by atoms with E-state index < -0.39 is 0 Å². The van der Waals surface area contributed by atoms with Crippen LogP contribution in [0.3, 0.4) is 0 Å². The number of aryl methyl sites for hydroxylation is 1. The number of nitrogens with one attached hydrogen (secondary N) is 1. The maximum absolute atomic E-state index is 11.8. The summed E-state index contributed by atoms with van der Waals surface area (Å²) in [5.41, 5.74) is 0.968. The van der Waals surface area contributed by atoms with Crippen LogP contribution in [0.1, 0.15) is 17.0 Å². The van der Waals surface area contributed by atoms with Gasteiger partial charge in [0.15, 0.2) is 0 Å². The first-order chi connectivity index (χ1) is 8.47. The Morgan fingerprint density at radius 2 is 2.05 bits per heavy atom. The molecule has 0 aliphatic rings. The van der Waals surface area contributed by atoms with Crippen LogP contribution in [0.2, 0.25) is 0 Å². The lowest BCUT2D eigenvalue weighted by atomic mass is 10.3. The third kappa shape index (κ3) is 4.97. The van der Waals surface area contributed by atoms with Gasteiger partial charge in [-0.3, -0.25) is 9.59 Å². The second-order valence-electron chi connectivity index (χ2n) is 4.33. The van der Waals surface area contributed by atoms with Crippen molar-refractivity contribution >= 4 is 29.7 Å². The average Bonchev–Trinajstić information content (AvgIpc) is 2.58. The number of carbonyl (C=O) groups is 1. The van der Waals surface area contributed by atoms with Crippen molar-refractivity contribution in [3.8, 4) is 0 Å². The lowest BCUT2D eigenvalue weighted by molar-refractivity contribution is -0.130. The fourth-order valence-electron chi connectivity index (χ4n) is 1.65. The zero-order valence-electron chi connectivity index (χ0n) is 11.9. The lowest BCUT2D eigenvalue weighted by Gasteiger charge is -2.17. The highest BCUT2D eigenvalue weighted by Crippen LogP contribution is 2.09. The van der Waals surface area contributed by atoms with Gasteiger partial charge >= 0.3 is 4.87 Å². The molecule has 0 atom stereocenters. The van der Waals surface area contributed by atoms with E-state index in [1.807, 2.05) is 20.9 Å². The molecule has 0 spiro atoms. The Hall–Kier alpha value is -0.850. The highest BCUT2D eigenvalue weighted by molar-refractivity contribution is 7.09. The molecule has 7 heteroatoms. The number of aromatic nitrogens is 1. The zero-order chi connectivity index (χ0) is 13.7. The van der Waals surface area contributed by atoms with Crippen LogP contribution in [0, 0.1) is 13.8 Å². The Labute approximate surface area is 124 Å². The van der Waals surface area contributed by atoms with Gasteiger partial charge in [0, 0.05) is 43.7 Å². The predicted molar refractivity (Wildman–Crippen MR) is 81.5 cm³/mol. The maximum Gasteiger partial charge on any atom is 0.307 e. The van der Waals surface area contributed by atoms with Crippen molar-refractivity contribution in [1.82, 2.24) is 14.8 Å². The topological polar surface area (TPSA) is 54.3 Å². The molecule has 0 saturated carbocycles. The molecule has 1 N–H and O–H groups in total. The van der Waals surface area contributed by atoms with Crippen LogP contribution in [0.25, 0.3) is 0 Å². The molecule has 19 heavy (non-hydrogen) atoms. The first-order valence-corrected chi connectivity index (χ1v) is 6.84. The minimum absolute atomic E-state index is 0. The Morgan fingerprint density at radius 3 is 2.53 bits per heavy atom. The minimum Gasteiger partial charge on any atom is -0.344 e. The fraction of sp³-hybridized carbons (Fsp3) is 0.667. The largest absolute Gasteiger partial charge is 0.344 e. The minimum atomic E-state index is 0. The third-order valence-corrected chi connectivity index (χ3v) is 4.04. The number of hydrogen-bond donors (Lipinski definition) is 1. The van der Waals surface area contributed by atoms with Gasteiger partial charge in [0.1, 0.15) is 0 Å². The predicted octanol–water partition coefficient (Wildman–Crippen LogP) is 1.02. The fourth-order valence-corrected chi connectivity index (χ4v) is 2.51. The van der Waals surface area contributed by atoms with E-state index in [9.17, 15) is 9.59 Å². The Morgan fingerprint density at radius 1 is 1.42 bits per heavy atom. The van der Waals surface area contributed by atoms with Crippen LogP contribution in [-0.2, 0) is 11.3 Å². The molecule has 0 fully saturated rings. The average molecular weight is 308 g/mol. The highest BCUT2D eigenvalue weighted by atomic mass is 35.5. The van der Waals surface area contributed by atoms with Crippen molar-refractivity contribution in [2.75, 3.05) is 27.2 Å². The monoisotopic (exact) mass is 307 g/mol. The van der Waals surface area contributed by atoms with Gasteiger partial charge in [-0.1, -0.05) is 11.3 Å². The first kappa shape index (κ1) is 18.1. The summed E-state index contributed by atoms with van der Waals surface area (Å²) in [6, 6.07) is 0. The maximum atomic E-state index is 11.8. The second kappa shape index (κ2) is 8.35. The SMILES string of the molecule is CNCCN(C)C(=O)CCn1c(C)c(C)sc1=O.Cl. The van der Waals surface area contributed by atoms with E-state index in [0.29, 0.717) is 19.5 Å². The van der Waals surface area contributed by atoms with Gasteiger partial charge < -0.3 is 14.8 Å². The van der Waals surface area contributed by atoms with Crippen molar-refractivity contribution in [2.45, 2.75) is 26.8 Å². The molecule has 0 aliphatic heterocycles. The zero-order valence-corrected chi connectivity index (χ0v) is 13.5. The Kier molecular flexibility index (Phi) is 7.97. The molecule has 0 radical (unpaired) electrons. The van der Waals surface area contributed by atoms with Gasteiger partial charge in [-0.15, -0.1) is 12.4 Å². The normalized spacial score (nSPS) is 10.1. The molecule has 1 amide bonds. The van der Waals surface area contributed by atoms with Crippen LogP contribution in [0.4, 0.5) is 0 Å². The quantitative estimate of drug-likeness (QED) is 0.853. The van der Waals surface area contributed by atoms with E-state index in [4.69, 9.17) is 0 Å². The standard InChI is InChI=1S/C12H21N3O2S.ClH/c1-9-10(2)18-12(17)15(9)7-5-11(16)14(4)8-6-13-3;/h13H,5-8H2,1-4H3;1H. The smallest absolute Gasteiger partial charge is 0.307 e.